The number of hydrogen-bond acceptors (Lipinski definition) is 8. The van der Waals surface area contributed by atoms with Crippen molar-refractivity contribution in [2.24, 2.45) is 5.92 Å². The lowest BCUT2D eigenvalue weighted by atomic mass is 9.75. The molecule has 0 saturated carbocycles. The second kappa shape index (κ2) is 14.3. The monoisotopic (exact) mass is 694 g/mol. The third-order valence-electron chi connectivity index (χ3n) is 8.44. The van der Waals surface area contributed by atoms with Crippen molar-refractivity contribution in [3.8, 4) is 5.75 Å². The number of nitro groups is 1. The van der Waals surface area contributed by atoms with E-state index in [1.54, 1.807) is 6.92 Å². The van der Waals surface area contributed by atoms with Crippen molar-refractivity contribution in [1.29, 1.82) is 0 Å². The molecular formula is C36H50N4O8Si. The van der Waals surface area contributed by atoms with Gasteiger partial charge in [-0.3, -0.25) is 19.7 Å². The number of β-lactam (4-membered cyclic amide) rings is 1. The molecule has 1 saturated heterocycles. The van der Waals surface area contributed by atoms with Crippen LogP contribution in [0.4, 0.5) is 5.69 Å². The SMILES string of the molecule is C[C@@H](O[Si](C)(C)Oc1c(C(C)(C)C)cc(C(C)(C)C)cc1C(C)(C)C)[C@H]1C(=O)N[C@@H]1CC(=O)C(=[N+]=[N-])C(=O)OCc1ccc([N+](=O)[O-])cc1. The summed E-state index contributed by atoms with van der Waals surface area (Å²) in [6.45, 7) is 24.8. The Balaban J connectivity index is 1.75. The highest BCUT2D eigenvalue weighted by Gasteiger charge is 2.49. The van der Waals surface area contributed by atoms with Gasteiger partial charge in [0.2, 0.25) is 5.91 Å². The zero-order valence-corrected chi connectivity index (χ0v) is 31.7. The number of benzene rings is 2. The van der Waals surface area contributed by atoms with Crippen molar-refractivity contribution >= 4 is 37.6 Å². The third kappa shape index (κ3) is 9.71. The highest BCUT2D eigenvalue weighted by molar-refractivity contribution is 6.65. The number of carbonyl (C=O) groups is 3. The fourth-order valence-corrected chi connectivity index (χ4v) is 7.49. The van der Waals surface area contributed by atoms with Crippen molar-refractivity contribution in [1.82, 2.24) is 5.32 Å². The number of nitrogens with one attached hydrogen (secondary N) is 1. The summed E-state index contributed by atoms with van der Waals surface area (Å²) in [5.74, 6) is -2.23. The van der Waals surface area contributed by atoms with E-state index in [0.717, 1.165) is 16.9 Å². The molecule has 1 amide bonds. The van der Waals surface area contributed by atoms with Crippen molar-refractivity contribution in [2.45, 2.75) is 124 Å². The fraction of sp³-hybridized carbons (Fsp3) is 0.556. The van der Waals surface area contributed by atoms with E-state index in [1.807, 2.05) is 13.1 Å². The molecule has 2 aromatic carbocycles. The molecule has 3 atom stereocenters. The average molecular weight is 695 g/mol. The van der Waals surface area contributed by atoms with Crippen LogP contribution in [0.3, 0.4) is 0 Å². The van der Waals surface area contributed by atoms with E-state index >= 15 is 0 Å². The first-order valence-corrected chi connectivity index (χ1v) is 19.2. The molecule has 1 heterocycles. The summed E-state index contributed by atoms with van der Waals surface area (Å²) in [6.07, 6.45) is -0.961. The summed E-state index contributed by atoms with van der Waals surface area (Å²) in [6, 6.07) is 9.07. The number of non-ortho nitro benzene ring substituents is 1. The smallest absolute Gasteiger partial charge is 0.441 e. The Morgan fingerprint density at radius 2 is 1.51 bits per heavy atom. The van der Waals surface area contributed by atoms with Gasteiger partial charge in [0.25, 0.3) is 11.5 Å². The van der Waals surface area contributed by atoms with Gasteiger partial charge in [0.05, 0.1) is 23.0 Å². The molecule has 0 spiro atoms. The van der Waals surface area contributed by atoms with Gasteiger partial charge in [0.1, 0.15) is 12.4 Å². The van der Waals surface area contributed by atoms with E-state index in [1.165, 1.54) is 29.8 Å². The van der Waals surface area contributed by atoms with Crippen LogP contribution < -0.4 is 9.74 Å². The van der Waals surface area contributed by atoms with Gasteiger partial charge in [-0.25, -0.2) is 4.79 Å². The maximum Gasteiger partial charge on any atom is 0.441 e. The summed E-state index contributed by atoms with van der Waals surface area (Å²) in [5.41, 5.74) is 11.8. The lowest BCUT2D eigenvalue weighted by Gasteiger charge is -2.42. The predicted molar refractivity (Wildman–Crippen MR) is 188 cm³/mol. The van der Waals surface area contributed by atoms with E-state index in [9.17, 15) is 30.0 Å². The van der Waals surface area contributed by atoms with Gasteiger partial charge in [-0.1, -0.05) is 74.4 Å². The van der Waals surface area contributed by atoms with E-state index in [-0.39, 0.29) is 40.9 Å². The molecule has 266 valence electrons. The number of hydrogen-bond donors (Lipinski definition) is 1. The third-order valence-corrected chi connectivity index (χ3v) is 10.1. The Bertz CT molecular complexity index is 1620. The Morgan fingerprint density at radius 3 is 1.94 bits per heavy atom. The quantitative estimate of drug-likeness (QED) is 0.0304. The molecule has 12 nitrogen and oxygen atoms in total. The number of nitrogens with zero attached hydrogens (tertiary/aromatic N) is 3. The number of ether oxygens (including phenoxy) is 1. The van der Waals surface area contributed by atoms with Crippen LogP contribution in [0, 0.1) is 16.0 Å². The largest absolute Gasteiger partial charge is 0.520 e. The lowest BCUT2D eigenvalue weighted by Crippen LogP contribution is -2.64. The van der Waals surface area contributed by atoms with Crippen molar-refractivity contribution < 1.29 is 37.7 Å². The van der Waals surface area contributed by atoms with Crippen LogP contribution in [0.2, 0.25) is 13.1 Å². The first kappa shape index (κ1) is 39.2. The van der Waals surface area contributed by atoms with Crippen LogP contribution in [0.1, 0.15) is 97.9 Å². The van der Waals surface area contributed by atoms with E-state index in [0.29, 0.717) is 5.56 Å². The van der Waals surface area contributed by atoms with Gasteiger partial charge in [0, 0.05) is 18.6 Å². The molecule has 0 radical (unpaired) electrons. The van der Waals surface area contributed by atoms with Crippen molar-refractivity contribution in [2.75, 3.05) is 0 Å². The summed E-state index contributed by atoms with van der Waals surface area (Å²) in [4.78, 5) is 51.6. The molecule has 1 fully saturated rings. The summed E-state index contributed by atoms with van der Waals surface area (Å²) >= 11 is 0. The number of Topliss-reactive ketones (excluding diaryl/α,β-unsaturated/α-hetero) is 1. The fourth-order valence-electron chi connectivity index (χ4n) is 5.69. The average Bonchev–Trinajstić information content (AvgIpc) is 2.93. The maximum absolute atomic E-state index is 13.0. The first-order chi connectivity index (χ1) is 22.4. The molecule has 2 aromatic rings. The highest BCUT2D eigenvalue weighted by atomic mass is 28.4. The number of nitro benzene ring substituents is 1. The molecule has 1 aliphatic heterocycles. The number of ketones is 1. The highest BCUT2D eigenvalue weighted by Crippen LogP contribution is 2.44. The Hall–Kier alpha value is -4.19. The zero-order chi connectivity index (χ0) is 37.3. The summed E-state index contributed by atoms with van der Waals surface area (Å²) < 4.78 is 18.5. The van der Waals surface area contributed by atoms with Crippen LogP contribution in [-0.4, -0.2) is 53.8 Å². The number of esters is 1. The zero-order valence-electron chi connectivity index (χ0n) is 30.7. The van der Waals surface area contributed by atoms with E-state index in [4.69, 9.17) is 13.6 Å². The standard InChI is InChI=1S/C36H50N4O8Si/c1-21(47-49(11,12)48-31-25(35(5,6)7)17-23(34(2,3)4)18-26(31)36(8,9)10)29-27(38-32(29)42)19-28(41)30(39-37)33(43)46-20-22-13-15-24(16-14-22)40(44)45/h13-18,21,27,29H,19-20H2,1-12H3,(H,38,42)/t21-,27-,29-/m1/s1. The molecule has 0 bridgehead atoms. The lowest BCUT2D eigenvalue weighted by molar-refractivity contribution is -0.384. The second-order valence-electron chi connectivity index (χ2n) is 16.2. The molecule has 1 N–H and O–H groups in total. The van der Waals surface area contributed by atoms with Gasteiger partial charge in [-0.05, 0) is 70.6 Å². The molecule has 0 aliphatic carbocycles. The Morgan fingerprint density at radius 1 is 0.980 bits per heavy atom. The molecule has 0 aromatic heterocycles. The first-order valence-electron chi connectivity index (χ1n) is 16.4. The minimum atomic E-state index is -2.97. The number of rotatable bonds is 12. The van der Waals surface area contributed by atoms with Crippen LogP contribution in [0.5, 0.6) is 5.75 Å². The molecule has 1 aliphatic rings. The topological polar surface area (TPSA) is 170 Å². The van der Waals surface area contributed by atoms with E-state index < -0.39 is 49.0 Å². The molecule has 49 heavy (non-hydrogen) atoms. The van der Waals surface area contributed by atoms with E-state index in [2.05, 4.69) is 84.6 Å². The van der Waals surface area contributed by atoms with Crippen molar-refractivity contribution in [3.05, 3.63) is 74.3 Å². The molecule has 3 rings (SSSR count). The summed E-state index contributed by atoms with van der Waals surface area (Å²) in [7, 11) is -2.97. The van der Waals surface area contributed by atoms with Gasteiger partial charge in [-0.15, -0.1) is 0 Å². The Labute approximate surface area is 289 Å². The summed E-state index contributed by atoms with van der Waals surface area (Å²) in [5, 5.41) is 13.6. The number of carbonyl (C=O) groups excluding carboxylic acids is 3. The van der Waals surface area contributed by atoms with Crippen LogP contribution >= 0.6 is 0 Å². The molecular weight excluding hydrogens is 645 g/mol. The van der Waals surface area contributed by atoms with Crippen LogP contribution in [0.25, 0.3) is 5.53 Å². The Kier molecular flexibility index (Phi) is 11.5. The molecule has 0 unspecified atom stereocenters. The van der Waals surface area contributed by atoms with Gasteiger partial charge < -0.3 is 24.4 Å². The number of amides is 1. The van der Waals surface area contributed by atoms with Crippen LogP contribution in [0.15, 0.2) is 36.4 Å². The second-order valence-corrected chi connectivity index (χ2v) is 19.4. The minimum absolute atomic E-state index is 0.0783. The predicted octanol–water partition coefficient (Wildman–Crippen LogP) is 6.46. The maximum atomic E-state index is 13.0. The normalized spacial score (nSPS) is 17.3. The van der Waals surface area contributed by atoms with Gasteiger partial charge in [-0.2, -0.15) is 4.79 Å². The van der Waals surface area contributed by atoms with Crippen molar-refractivity contribution in [3.63, 3.8) is 0 Å². The molecule has 13 heteroatoms. The van der Waals surface area contributed by atoms with Crippen LogP contribution in [-0.2, 0) is 46.4 Å². The minimum Gasteiger partial charge on any atom is -0.520 e. The van der Waals surface area contributed by atoms with Gasteiger partial charge in [0.15, 0.2) is 0 Å². The van der Waals surface area contributed by atoms with Gasteiger partial charge >= 0.3 is 20.2 Å².